The molecule has 0 bridgehead atoms. The molecule has 0 unspecified atom stereocenters. The lowest BCUT2D eigenvalue weighted by Crippen LogP contribution is -2.27. The molecule has 0 fully saturated rings. The number of para-hydroxylation sites is 1. The van der Waals surface area contributed by atoms with Crippen molar-refractivity contribution in [2.75, 3.05) is 32.5 Å². The van der Waals surface area contributed by atoms with Gasteiger partial charge >= 0.3 is 0 Å². The fourth-order valence-corrected chi connectivity index (χ4v) is 3.02. The van der Waals surface area contributed by atoms with E-state index in [2.05, 4.69) is 71.4 Å². The number of aromatic nitrogens is 2. The van der Waals surface area contributed by atoms with Crippen LogP contribution in [-0.2, 0) is 0 Å². The van der Waals surface area contributed by atoms with Crippen molar-refractivity contribution in [2.24, 2.45) is 0 Å². The van der Waals surface area contributed by atoms with Crippen LogP contribution in [0.2, 0.25) is 0 Å². The third-order valence-electron chi connectivity index (χ3n) is 4.58. The van der Waals surface area contributed by atoms with Gasteiger partial charge in [0.2, 0.25) is 0 Å². The van der Waals surface area contributed by atoms with Crippen LogP contribution in [0.15, 0.2) is 30.6 Å². The van der Waals surface area contributed by atoms with Crippen molar-refractivity contribution < 1.29 is 4.79 Å². The average molecular weight is 384 g/mol. The van der Waals surface area contributed by atoms with E-state index in [9.17, 15) is 4.79 Å². The number of amides is 1. The molecule has 0 atom stereocenters. The molecule has 1 heterocycles. The van der Waals surface area contributed by atoms with Crippen LogP contribution in [0.3, 0.4) is 0 Å². The second-order valence-corrected chi connectivity index (χ2v) is 7.95. The van der Waals surface area contributed by atoms with Crippen LogP contribution in [0.4, 0.5) is 11.5 Å². The first-order chi connectivity index (χ1) is 13.3. The topological polar surface area (TPSA) is 70.2 Å². The molecule has 2 aromatic rings. The predicted octanol–water partition coefficient (Wildman–Crippen LogP) is 4.15. The third-order valence-corrected chi connectivity index (χ3v) is 4.58. The summed E-state index contributed by atoms with van der Waals surface area (Å²) in [5.41, 5.74) is 3.91. The summed E-state index contributed by atoms with van der Waals surface area (Å²) in [6, 6.07) is 6.38. The van der Waals surface area contributed by atoms with Gasteiger partial charge < -0.3 is 15.5 Å². The Balaban J connectivity index is 2.10. The van der Waals surface area contributed by atoms with E-state index in [4.69, 9.17) is 0 Å². The molecular formula is C22H33N5O. The van der Waals surface area contributed by atoms with Gasteiger partial charge in [-0.05, 0) is 50.0 Å². The smallest absolute Gasteiger partial charge is 0.271 e. The van der Waals surface area contributed by atoms with Crippen molar-refractivity contribution in [3.8, 4) is 0 Å². The van der Waals surface area contributed by atoms with Gasteiger partial charge in [-0.1, -0.05) is 45.9 Å². The Hall–Kier alpha value is -2.47. The van der Waals surface area contributed by atoms with Crippen molar-refractivity contribution >= 4 is 17.4 Å². The van der Waals surface area contributed by atoms with Gasteiger partial charge in [-0.3, -0.25) is 4.79 Å². The average Bonchev–Trinajstić information content (AvgIpc) is 2.65. The van der Waals surface area contributed by atoms with Gasteiger partial charge in [-0.15, -0.1) is 0 Å². The van der Waals surface area contributed by atoms with E-state index in [-0.39, 0.29) is 5.91 Å². The zero-order valence-electron chi connectivity index (χ0n) is 17.9. The number of nitrogens with one attached hydrogen (secondary N) is 2. The molecule has 6 nitrogen and oxygen atoms in total. The summed E-state index contributed by atoms with van der Waals surface area (Å²) in [7, 11) is 4.03. The van der Waals surface area contributed by atoms with Gasteiger partial charge in [-0.25, -0.2) is 9.97 Å². The molecule has 1 aromatic heterocycles. The van der Waals surface area contributed by atoms with E-state index in [0.29, 0.717) is 29.9 Å². The Kier molecular flexibility index (Phi) is 7.93. The van der Waals surface area contributed by atoms with E-state index in [1.165, 1.54) is 17.3 Å². The molecule has 1 aromatic carbocycles. The molecule has 0 saturated heterocycles. The summed E-state index contributed by atoms with van der Waals surface area (Å²) in [5, 5.41) is 6.31. The van der Waals surface area contributed by atoms with E-state index in [1.807, 2.05) is 14.1 Å². The number of carbonyl (C=O) groups excluding carboxylic acids is 1. The Morgan fingerprint density at radius 1 is 1.04 bits per heavy atom. The monoisotopic (exact) mass is 383 g/mol. The first-order valence-electron chi connectivity index (χ1n) is 9.94. The predicted molar refractivity (Wildman–Crippen MR) is 115 cm³/mol. The molecule has 152 valence electrons. The maximum absolute atomic E-state index is 12.2. The third kappa shape index (κ3) is 6.02. The van der Waals surface area contributed by atoms with Crippen LogP contribution < -0.4 is 10.6 Å². The molecule has 0 spiro atoms. The Labute approximate surface area is 168 Å². The molecule has 6 heteroatoms. The Bertz CT molecular complexity index is 743. The van der Waals surface area contributed by atoms with Gasteiger partial charge in [-0.2, -0.15) is 0 Å². The molecule has 0 aliphatic heterocycles. The van der Waals surface area contributed by atoms with Gasteiger partial charge in [0, 0.05) is 12.2 Å². The molecule has 0 radical (unpaired) electrons. The zero-order chi connectivity index (χ0) is 20.7. The van der Waals surface area contributed by atoms with Gasteiger partial charge in [0.1, 0.15) is 11.5 Å². The molecule has 2 N–H and O–H groups in total. The molecule has 0 saturated carbocycles. The van der Waals surface area contributed by atoms with Crippen molar-refractivity contribution in [3.05, 3.63) is 47.4 Å². The van der Waals surface area contributed by atoms with E-state index >= 15 is 0 Å². The van der Waals surface area contributed by atoms with E-state index in [1.54, 1.807) is 6.20 Å². The number of rotatable bonds is 9. The zero-order valence-corrected chi connectivity index (χ0v) is 17.9. The summed E-state index contributed by atoms with van der Waals surface area (Å²) in [6.07, 6.45) is 4.04. The maximum atomic E-state index is 12.2. The summed E-state index contributed by atoms with van der Waals surface area (Å²) in [5.74, 6) is 1.23. The normalized spacial score (nSPS) is 11.3. The summed E-state index contributed by atoms with van der Waals surface area (Å²) < 4.78 is 0. The van der Waals surface area contributed by atoms with Crippen LogP contribution in [0.1, 0.15) is 67.6 Å². The SMILES string of the molecule is CC(C)c1cccc(C(C)C)c1Nc1cnc(C(=O)NCCCN(C)C)cn1. The quantitative estimate of drug-likeness (QED) is 0.637. The van der Waals surface area contributed by atoms with Crippen molar-refractivity contribution in [2.45, 2.75) is 46.0 Å². The lowest BCUT2D eigenvalue weighted by Gasteiger charge is -2.20. The Morgan fingerprint density at radius 3 is 2.18 bits per heavy atom. The Morgan fingerprint density at radius 2 is 1.68 bits per heavy atom. The molecule has 1 amide bonds. The molecular weight excluding hydrogens is 350 g/mol. The minimum Gasteiger partial charge on any atom is -0.351 e. The molecule has 0 aliphatic carbocycles. The number of nitrogens with zero attached hydrogens (tertiary/aromatic N) is 3. The largest absolute Gasteiger partial charge is 0.351 e. The molecule has 0 aliphatic rings. The highest BCUT2D eigenvalue weighted by molar-refractivity contribution is 5.92. The second kappa shape index (κ2) is 10.2. The lowest BCUT2D eigenvalue weighted by atomic mass is 9.92. The maximum Gasteiger partial charge on any atom is 0.271 e. The highest BCUT2D eigenvalue weighted by Crippen LogP contribution is 2.33. The van der Waals surface area contributed by atoms with Crippen molar-refractivity contribution in [1.82, 2.24) is 20.2 Å². The minimum absolute atomic E-state index is 0.191. The molecule has 2 rings (SSSR count). The number of hydrogen-bond donors (Lipinski definition) is 2. The summed E-state index contributed by atoms with van der Waals surface area (Å²) >= 11 is 0. The van der Waals surface area contributed by atoms with Gasteiger partial charge in [0.25, 0.3) is 5.91 Å². The van der Waals surface area contributed by atoms with Crippen LogP contribution >= 0.6 is 0 Å². The van der Waals surface area contributed by atoms with Crippen LogP contribution in [0, 0.1) is 0 Å². The number of benzene rings is 1. The minimum atomic E-state index is -0.191. The van der Waals surface area contributed by atoms with Crippen LogP contribution in [0.5, 0.6) is 0 Å². The summed E-state index contributed by atoms with van der Waals surface area (Å²) in [4.78, 5) is 23.0. The fraction of sp³-hybridized carbons (Fsp3) is 0.500. The number of hydrogen-bond acceptors (Lipinski definition) is 5. The number of anilines is 2. The summed E-state index contributed by atoms with van der Waals surface area (Å²) in [6.45, 7) is 10.3. The highest BCUT2D eigenvalue weighted by Gasteiger charge is 2.15. The van der Waals surface area contributed by atoms with E-state index < -0.39 is 0 Å². The second-order valence-electron chi connectivity index (χ2n) is 7.95. The first-order valence-corrected chi connectivity index (χ1v) is 9.94. The standard InChI is InChI=1S/C22H33N5O/c1-15(2)17-9-7-10-18(16(3)4)21(17)26-20-14-24-19(13-25-20)22(28)23-11-8-12-27(5)6/h7,9-10,13-16H,8,11-12H2,1-6H3,(H,23,28)(H,25,26). The van der Waals surface area contributed by atoms with E-state index in [0.717, 1.165) is 18.7 Å². The molecule has 28 heavy (non-hydrogen) atoms. The highest BCUT2D eigenvalue weighted by atomic mass is 16.1. The van der Waals surface area contributed by atoms with Crippen molar-refractivity contribution in [3.63, 3.8) is 0 Å². The van der Waals surface area contributed by atoms with Gasteiger partial charge in [0.15, 0.2) is 0 Å². The van der Waals surface area contributed by atoms with Crippen LogP contribution in [0.25, 0.3) is 0 Å². The lowest BCUT2D eigenvalue weighted by molar-refractivity contribution is 0.0947. The first kappa shape index (κ1) is 21.8. The van der Waals surface area contributed by atoms with Gasteiger partial charge in [0.05, 0.1) is 12.4 Å². The number of carbonyl (C=O) groups is 1. The van der Waals surface area contributed by atoms with Crippen molar-refractivity contribution in [1.29, 1.82) is 0 Å². The fourth-order valence-electron chi connectivity index (χ4n) is 3.02. The van der Waals surface area contributed by atoms with Crippen LogP contribution in [-0.4, -0.2) is 48.0 Å².